The Morgan fingerprint density at radius 1 is 1.03 bits per heavy atom. The SMILES string of the molecule is O=C(OCC(=O)N1CCc2ccccc21)c1cc([N+](=O)[O-])ccc1N1CCCC1. The summed E-state index contributed by atoms with van der Waals surface area (Å²) in [5.41, 5.74) is 2.47. The number of non-ortho nitro benzene ring substituents is 1. The first-order valence-corrected chi connectivity index (χ1v) is 9.63. The van der Waals surface area contributed by atoms with Crippen molar-refractivity contribution in [2.75, 3.05) is 36.0 Å². The van der Waals surface area contributed by atoms with Gasteiger partial charge in [-0.15, -0.1) is 0 Å². The molecule has 8 nitrogen and oxygen atoms in total. The van der Waals surface area contributed by atoms with E-state index in [0.29, 0.717) is 12.2 Å². The van der Waals surface area contributed by atoms with Gasteiger partial charge in [-0.05, 0) is 37.0 Å². The molecular formula is C21H21N3O5. The molecule has 2 aliphatic rings. The standard InChI is InChI=1S/C21H21N3O5/c25-20(23-12-9-15-5-1-2-6-18(15)23)14-29-21(26)17-13-16(24(27)28)7-8-19(17)22-10-3-4-11-22/h1-2,5-8,13H,3-4,9-12,14H2. The molecular weight excluding hydrogens is 374 g/mol. The third-order valence-electron chi connectivity index (χ3n) is 5.37. The van der Waals surface area contributed by atoms with Crippen molar-refractivity contribution >= 4 is 28.9 Å². The number of carbonyl (C=O) groups excluding carboxylic acids is 2. The van der Waals surface area contributed by atoms with Crippen LogP contribution in [0.25, 0.3) is 0 Å². The summed E-state index contributed by atoms with van der Waals surface area (Å²) in [6, 6.07) is 11.8. The molecule has 0 unspecified atom stereocenters. The van der Waals surface area contributed by atoms with E-state index in [1.54, 1.807) is 11.0 Å². The van der Waals surface area contributed by atoms with Crippen molar-refractivity contribution in [1.82, 2.24) is 0 Å². The van der Waals surface area contributed by atoms with E-state index in [9.17, 15) is 19.7 Å². The van der Waals surface area contributed by atoms with Crippen LogP contribution in [0.3, 0.4) is 0 Å². The third kappa shape index (κ3) is 3.78. The number of para-hydroxylation sites is 1. The van der Waals surface area contributed by atoms with Crippen molar-refractivity contribution in [1.29, 1.82) is 0 Å². The van der Waals surface area contributed by atoms with Crippen molar-refractivity contribution in [3.05, 3.63) is 63.7 Å². The highest BCUT2D eigenvalue weighted by molar-refractivity contribution is 6.00. The molecule has 1 saturated heterocycles. The Labute approximate surface area is 167 Å². The zero-order chi connectivity index (χ0) is 20.4. The maximum Gasteiger partial charge on any atom is 0.341 e. The van der Waals surface area contributed by atoms with Gasteiger partial charge < -0.3 is 14.5 Å². The van der Waals surface area contributed by atoms with Crippen LogP contribution in [0.5, 0.6) is 0 Å². The van der Waals surface area contributed by atoms with E-state index in [1.165, 1.54) is 12.1 Å². The minimum Gasteiger partial charge on any atom is -0.452 e. The fraction of sp³-hybridized carbons (Fsp3) is 0.333. The molecule has 2 heterocycles. The normalized spacial score (nSPS) is 15.3. The van der Waals surface area contributed by atoms with E-state index < -0.39 is 17.5 Å². The summed E-state index contributed by atoms with van der Waals surface area (Å²) in [6.45, 7) is 1.70. The fourth-order valence-corrected chi connectivity index (χ4v) is 3.92. The lowest BCUT2D eigenvalue weighted by Gasteiger charge is -2.21. The van der Waals surface area contributed by atoms with Crippen LogP contribution in [0.2, 0.25) is 0 Å². The number of anilines is 2. The first-order chi connectivity index (χ1) is 14.0. The molecule has 2 aromatic rings. The molecule has 4 rings (SSSR count). The maximum atomic E-state index is 12.7. The Bertz CT molecular complexity index is 969. The number of amides is 1. The molecule has 8 heteroatoms. The molecule has 1 amide bonds. The Morgan fingerprint density at radius 2 is 1.79 bits per heavy atom. The highest BCUT2D eigenvalue weighted by Crippen LogP contribution is 2.30. The van der Waals surface area contributed by atoms with E-state index in [2.05, 4.69) is 0 Å². The van der Waals surface area contributed by atoms with E-state index in [-0.39, 0.29) is 17.2 Å². The van der Waals surface area contributed by atoms with Gasteiger partial charge >= 0.3 is 5.97 Å². The second-order valence-electron chi connectivity index (χ2n) is 7.15. The highest BCUT2D eigenvalue weighted by Gasteiger charge is 2.27. The van der Waals surface area contributed by atoms with Crippen molar-refractivity contribution in [3.8, 4) is 0 Å². The number of benzene rings is 2. The number of fused-ring (bicyclic) bond motifs is 1. The van der Waals surface area contributed by atoms with Crippen LogP contribution in [-0.2, 0) is 16.0 Å². The second-order valence-corrected chi connectivity index (χ2v) is 7.15. The molecule has 1 fully saturated rings. The molecule has 0 saturated carbocycles. The Kier molecular flexibility index (Phi) is 5.16. The van der Waals surface area contributed by atoms with E-state index >= 15 is 0 Å². The summed E-state index contributed by atoms with van der Waals surface area (Å²) in [6.07, 6.45) is 2.76. The fourth-order valence-electron chi connectivity index (χ4n) is 3.92. The molecule has 0 aromatic heterocycles. The van der Waals surface area contributed by atoms with Crippen molar-refractivity contribution < 1.29 is 19.2 Å². The summed E-state index contributed by atoms with van der Waals surface area (Å²) >= 11 is 0. The number of nitro groups is 1. The maximum absolute atomic E-state index is 12.7. The Morgan fingerprint density at radius 3 is 2.55 bits per heavy atom. The largest absolute Gasteiger partial charge is 0.452 e. The molecule has 2 aliphatic heterocycles. The minimum atomic E-state index is -0.726. The Hall–Kier alpha value is -3.42. The summed E-state index contributed by atoms with van der Waals surface area (Å²) in [7, 11) is 0. The lowest BCUT2D eigenvalue weighted by atomic mass is 10.1. The van der Waals surface area contributed by atoms with Crippen LogP contribution in [0.15, 0.2) is 42.5 Å². The van der Waals surface area contributed by atoms with Crippen LogP contribution in [0, 0.1) is 10.1 Å². The van der Waals surface area contributed by atoms with Crippen LogP contribution in [0.4, 0.5) is 17.1 Å². The first kappa shape index (κ1) is 18.9. The molecule has 0 atom stereocenters. The molecule has 0 spiro atoms. The van der Waals surface area contributed by atoms with Gasteiger partial charge in [0.2, 0.25) is 0 Å². The quantitative estimate of drug-likeness (QED) is 0.439. The number of nitro benzene ring substituents is 1. The average molecular weight is 395 g/mol. The molecule has 0 radical (unpaired) electrons. The smallest absolute Gasteiger partial charge is 0.341 e. The predicted molar refractivity (Wildman–Crippen MR) is 107 cm³/mol. The molecule has 29 heavy (non-hydrogen) atoms. The van der Waals surface area contributed by atoms with Crippen molar-refractivity contribution in [2.45, 2.75) is 19.3 Å². The van der Waals surface area contributed by atoms with Crippen molar-refractivity contribution in [3.63, 3.8) is 0 Å². The number of esters is 1. The summed E-state index contributed by atoms with van der Waals surface area (Å²) in [5.74, 6) is -1.03. The zero-order valence-electron chi connectivity index (χ0n) is 15.9. The van der Waals surface area contributed by atoms with E-state index in [1.807, 2.05) is 29.2 Å². The van der Waals surface area contributed by atoms with Gasteiger partial charge in [-0.25, -0.2) is 4.79 Å². The number of carbonyl (C=O) groups is 2. The third-order valence-corrected chi connectivity index (χ3v) is 5.37. The highest BCUT2D eigenvalue weighted by atomic mass is 16.6. The number of hydrogen-bond acceptors (Lipinski definition) is 6. The lowest BCUT2D eigenvalue weighted by Crippen LogP contribution is -2.33. The van der Waals surface area contributed by atoms with Crippen LogP contribution >= 0.6 is 0 Å². The van der Waals surface area contributed by atoms with Gasteiger partial charge in [0, 0.05) is 37.5 Å². The molecule has 0 N–H and O–H groups in total. The minimum absolute atomic E-state index is 0.121. The topological polar surface area (TPSA) is 93.0 Å². The van der Waals surface area contributed by atoms with Crippen LogP contribution < -0.4 is 9.80 Å². The molecule has 0 bridgehead atoms. The first-order valence-electron chi connectivity index (χ1n) is 9.63. The average Bonchev–Trinajstić information content (AvgIpc) is 3.41. The van der Waals surface area contributed by atoms with Crippen molar-refractivity contribution in [2.24, 2.45) is 0 Å². The second kappa shape index (κ2) is 7.90. The summed E-state index contributed by atoms with van der Waals surface area (Å²) in [4.78, 5) is 39.5. The number of nitrogens with zero attached hydrogens (tertiary/aromatic N) is 3. The molecule has 2 aromatic carbocycles. The van der Waals surface area contributed by atoms with Gasteiger partial charge in [0.25, 0.3) is 11.6 Å². The zero-order valence-corrected chi connectivity index (χ0v) is 15.9. The van der Waals surface area contributed by atoms with Gasteiger partial charge in [-0.1, -0.05) is 18.2 Å². The van der Waals surface area contributed by atoms with E-state index in [4.69, 9.17) is 4.74 Å². The van der Waals surface area contributed by atoms with Gasteiger partial charge in [-0.3, -0.25) is 14.9 Å². The summed E-state index contributed by atoms with van der Waals surface area (Å²) < 4.78 is 5.27. The van der Waals surface area contributed by atoms with Crippen LogP contribution in [-0.4, -0.2) is 43.0 Å². The lowest BCUT2D eigenvalue weighted by molar-refractivity contribution is -0.384. The van der Waals surface area contributed by atoms with E-state index in [0.717, 1.165) is 43.6 Å². The van der Waals surface area contributed by atoms with Gasteiger partial charge in [0.15, 0.2) is 6.61 Å². The molecule has 150 valence electrons. The van der Waals surface area contributed by atoms with Gasteiger partial charge in [0.05, 0.1) is 16.2 Å². The number of rotatable bonds is 5. The summed E-state index contributed by atoms with van der Waals surface area (Å²) in [5, 5.41) is 11.1. The predicted octanol–water partition coefficient (Wildman–Crippen LogP) is 2.94. The monoisotopic (exact) mass is 395 g/mol. The van der Waals surface area contributed by atoms with Gasteiger partial charge in [0.1, 0.15) is 0 Å². The molecule has 0 aliphatic carbocycles. The number of ether oxygens (including phenoxy) is 1. The van der Waals surface area contributed by atoms with Crippen LogP contribution in [0.1, 0.15) is 28.8 Å². The Balaban J connectivity index is 1.50. The van der Waals surface area contributed by atoms with Gasteiger partial charge in [-0.2, -0.15) is 0 Å². The number of hydrogen-bond donors (Lipinski definition) is 0.